The first-order valence-corrected chi connectivity index (χ1v) is 11.7. The highest BCUT2D eigenvalue weighted by molar-refractivity contribution is 5.88. The number of hydrogen-bond donors (Lipinski definition) is 2. The number of benzene rings is 2. The minimum Gasteiger partial charge on any atom is -0.478 e. The number of aromatic nitrogens is 1. The molecule has 0 amide bonds. The van der Waals surface area contributed by atoms with E-state index in [1.807, 2.05) is 18.3 Å². The molecule has 1 saturated heterocycles. The Labute approximate surface area is 192 Å². The maximum atomic E-state index is 13.6. The minimum absolute atomic E-state index is 0.0522. The Morgan fingerprint density at radius 2 is 1.88 bits per heavy atom. The molecule has 1 saturated carbocycles. The number of carbonyl (C=O) groups is 1. The lowest BCUT2D eigenvalue weighted by Crippen LogP contribution is -2.54. The number of hydrogen-bond acceptors (Lipinski definition) is 2. The number of carboxylic acids is 1. The Balaban J connectivity index is 1.45. The first kappa shape index (κ1) is 22.1. The Bertz CT molecular complexity index is 1180. The fourth-order valence-electron chi connectivity index (χ4n) is 5.92. The third-order valence-electron chi connectivity index (χ3n) is 7.80. The lowest BCUT2D eigenvalue weighted by atomic mass is 9.74. The molecule has 1 aromatic heterocycles. The van der Waals surface area contributed by atoms with Gasteiger partial charge in [0.15, 0.2) is 0 Å². The lowest BCUT2D eigenvalue weighted by Gasteiger charge is -2.48. The summed E-state index contributed by atoms with van der Waals surface area (Å²) in [6.45, 7) is 5.85. The third-order valence-corrected chi connectivity index (χ3v) is 7.80. The fourth-order valence-corrected chi connectivity index (χ4v) is 5.92. The summed E-state index contributed by atoms with van der Waals surface area (Å²) < 4.78 is 27.1. The van der Waals surface area contributed by atoms with Crippen molar-refractivity contribution in [2.45, 2.75) is 57.4 Å². The van der Waals surface area contributed by atoms with Gasteiger partial charge in [-0.25, -0.2) is 13.6 Å². The van der Waals surface area contributed by atoms with Crippen LogP contribution in [0.3, 0.4) is 0 Å². The molecule has 1 aliphatic heterocycles. The lowest BCUT2D eigenvalue weighted by molar-refractivity contribution is -0.130. The van der Waals surface area contributed by atoms with E-state index in [2.05, 4.69) is 35.9 Å². The number of nitrogens with one attached hydrogen (secondary N) is 1. The van der Waals surface area contributed by atoms with Gasteiger partial charge in [0.1, 0.15) is 0 Å². The molecule has 2 fully saturated rings. The van der Waals surface area contributed by atoms with Crippen molar-refractivity contribution >= 4 is 16.9 Å². The topological polar surface area (TPSA) is 56.3 Å². The summed E-state index contributed by atoms with van der Waals surface area (Å²) in [5.41, 5.74) is 6.39. The standard InChI is InChI=1S/C27H30F2N2O2/c1-16-11-17(2)25-22(7-9-30-25)23(16)12-20-8-10-31(21-13-27(28,29)14-21)15-24(20)18-3-5-19(6-4-18)26(32)33/h3-7,9,11,20-21,24,30H,8,10,12-15H2,1-2H3,(H,32,33)/t20-,24-/m0/s1. The average Bonchev–Trinajstić information content (AvgIpc) is 3.25. The van der Waals surface area contributed by atoms with Crippen molar-refractivity contribution in [1.29, 1.82) is 0 Å². The number of fused-ring (bicyclic) bond motifs is 1. The number of halogens is 2. The van der Waals surface area contributed by atoms with Crippen LogP contribution in [0.4, 0.5) is 8.78 Å². The summed E-state index contributed by atoms with van der Waals surface area (Å²) in [4.78, 5) is 16.9. The maximum absolute atomic E-state index is 13.6. The molecule has 2 heterocycles. The number of rotatable bonds is 5. The molecule has 2 N–H and O–H groups in total. The van der Waals surface area contributed by atoms with E-state index in [-0.39, 0.29) is 30.4 Å². The van der Waals surface area contributed by atoms with E-state index in [4.69, 9.17) is 0 Å². The summed E-state index contributed by atoms with van der Waals surface area (Å²) in [6.07, 6.45) is 3.74. The predicted octanol–water partition coefficient (Wildman–Crippen LogP) is 5.93. The average molecular weight is 453 g/mol. The molecule has 4 nitrogen and oxygen atoms in total. The van der Waals surface area contributed by atoms with Crippen LogP contribution in [-0.2, 0) is 6.42 Å². The largest absolute Gasteiger partial charge is 0.478 e. The van der Waals surface area contributed by atoms with E-state index in [0.29, 0.717) is 5.92 Å². The summed E-state index contributed by atoms with van der Waals surface area (Å²) in [7, 11) is 0. The molecule has 33 heavy (non-hydrogen) atoms. The molecule has 0 radical (unpaired) electrons. The van der Waals surface area contributed by atoms with Crippen LogP contribution < -0.4 is 0 Å². The van der Waals surface area contributed by atoms with E-state index in [9.17, 15) is 18.7 Å². The van der Waals surface area contributed by atoms with Gasteiger partial charge in [0.05, 0.1) is 5.56 Å². The number of likely N-dealkylation sites (tertiary alicyclic amines) is 1. The van der Waals surface area contributed by atoms with Gasteiger partial charge in [-0.1, -0.05) is 18.2 Å². The fraction of sp³-hybridized carbons (Fsp3) is 0.444. The first-order valence-electron chi connectivity index (χ1n) is 11.7. The van der Waals surface area contributed by atoms with E-state index in [0.717, 1.165) is 31.5 Å². The number of carboxylic acid groups (broad SMARTS) is 1. The second-order valence-corrected chi connectivity index (χ2v) is 9.95. The summed E-state index contributed by atoms with van der Waals surface area (Å²) in [5, 5.41) is 10.5. The molecule has 5 rings (SSSR count). The number of H-pyrrole nitrogens is 1. The number of nitrogens with zero attached hydrogens (tertiary/aromatic N) is 1. The Kier molecular flexibility index (Phi) is 5.52. The zero-order chi connectivity index (χ0) is 23.3. The van der Waals surface area contributed by atoms with Crippen LogP contribution in [0.25, 0.3) is 10.9 Å². The van der Waals surface area contributed by atoms with E-state index in [1.165, 1.54) is 27.6 Å². The van der Waals surface area contributed by atoms with Gasteiger partial charge < -0.3 is 10.1 Å². The van der Waals surface area contributed by atoms with Crippen LogP contribution >= 0.6 is 0 Å². The predicted molar refractivity (Wildman–Crippen MR) is 125 cm³/mol. The van der Waals surface area contributed by atoms with Gasteiger partial charge in [0, 0.05) is 42.5 Å². The summed E-state index contributed by atoms with van der Waals surface area (Å²) >= 11 is 0. The monoisotopic (exact) mass is 452 g/mol. The SMILES string of the molecule is Cc1cc(C)c2[nH]ccc2c1C[C@@H]1CCN(C2CC(F)(F)C2)C[C@H]1c1ccc(C(=O)O)cc1. The van der Waals surface area contributed by atoms with Gasteiger partial charge in [-0.2, -0.15) is 0 Å². The summed E-state index contributed by atoms with van der Waals surface area (Å²) in [5.74, 6) is -2.94. The number of piperidine rings is 1. The van der Waals surface area contributed by atoms with Gasteiger partial charge in [-0.3, -0.25) is 4.90 Å². The van der Waals surface area contributed by atoms with Crippen molar-refractivity contribution in [1.82, 2.24) is 9.88 Å². The molecule has 2 atom stereocenters. The quantitative estimate of drug-likeness (QED) is 0.505. The van der Waals surface area contributed by atoms with Crippen molar-refractivity contribution < 1.29 is 18.7 Å². The van der Waals surface area contributed by atoms with Crippen LogP contribution in [0.1, 0.15) is 57.8 Å². The second kappa shape index (κ2) is 8.24. The molecular weight excluding hydrogens is 422 g/mol. The van der Waals surface area contributed by atoms with E-state index in [1.54, 1.807) is 12.1 Å². The molecule has 2 aliphatic rings. The van der Waals surface area contributed by atoms with Crippen LogP contribution in [-0.4, -0.2) is 46.0 Å². The molecule has 1 aliphatic carbocycles. The molecule has 0 spiro atoms. The smallest absolute Gasteiger partial charge is 0.335 e. The number of aromatic amines is 1. The van der Waals surface area contributed by atoms with Crippen molar-refractivity contribution in [2.24, 2.45) is 5.92 Å². The zero-order valence-electron chi connectivity index (χ0n) is 19.1. The van der Waals surface area contributed by atoms with Crippen LogP contribution in [0, 0.1) is 19.8 Å². The van der Waals surface area contributed by atoms with E-state index >= 15 is 0 Å². The molecule has 0 unspecified atom stereocenters. The molecule has 6 heteroatoms. The molecule has 0 bridgehead atoms. The summed E-state index contributed by atoms with van der Waals surface area (Å²) in [6, 6.07) is 11.5. The van der Waals surface area contributed by atoms with Crippen molar-refractivity contribution in [3.63, 3.8) is 0 Å². The Morgan fingerprint density at radius 1 is 1.15 bits per heavy atom. The van der Waals surface area contributed by atoms with Crippen molar-refractivity contribution in [2.75, 3.05) is 13.1 Å². The third kappa shape index (κ3) is 4.17. The normalized spacial score (nSPS) is 23.5. The number of aryl methyl sites for hydroxylation is 2. The highest BCUT2D eigenvalue weighted by Crippen LogP contribution is 2.44. The van der Waals surface area contributed by atoms with Crippen molar-refractivity contribution in [3.8, 4) is 0 Å². The van der Waals surface area contributed by atoms with Gasteiger partial charge in [0.25, 0.3) is 5.92 Å². The molecular formula is C27H30F2N2O2. The first-order chi connectivity index (χ1) is 15.7. The van der Waals surface area contributed by atoms with Crippen LogP contribution in [0.15, 0.2) is 42.6 Å². The maximum Gasteiger partial charge on any atom is 0.335 e. The zero-order valence-corrected chi connectivity index (χ0v) is 19.1. The van der Waals surface area contributed by atoms with Gasteiger partial charge in [0.2, 0.25) is 0 Å². The van der Waals surface area contributed by atoms with Crippen LogP contribution in [0.5, 0.6) is 0 Å². The second-order valence-electron chi connectivity index (χ2n) is 9.95. The molecule has 174 valence electrons. The van der Waals surface area contributed by atoms with Crippen molar-refractivity contribution in [3.05, 3.63) is 70.4 Å². The number of aromatic carboxylic acids is 1. The Morgan fingerprint density at radius 3 is 2.55 bits per heavy atom. The van der Waals surface area contributed by atoms with Crippen LogP contribution in [0.2, 0.25) is 0 Å². The highest BCUT2D eigenvalue weighted by Gasteiger charge is 2.49. The minimum atomic E-state index is -2.53. The van der Waals surface area contributed by atoms with Gasteiger partial charge >= 0.3 is 5.97 Å². The van der Waals surface area contributed by atoms with Gasteiger partial charge in [-0.05, 0) is 85.5 Å². The number of alkyl halides is 2. The van der Waals surface area contributed by atoms with Gasteiger partial charge in [-0.15, -0.1) is 0 Å². The highest BCUT2D eigenvalue weighted by atomic mass is 19.3. The molecule has 2 aromatic carbocycles. The van der Waals surface area contributed by atoms with E-state index < -0.39 is 11.9 Å². The Hall–Kier alpha value is -2.73. The molecule has 3 aromatic rings.